The Morgan fingerprint density at radius 1 is 1.17 bits per heavy atom. The van der Waals surface area contributed by atoms with Crippen molar-refractivity contribution in [3.63, 3.8) is 0 Å². The summed E-state index contributed by atoms with van der Waals surface area (Å²) in [7, 11) is -3.73. The molecule has 1 saturated heterocycles. The fourth-order valence-electron chi connectivity index (χ4n) is 4.45. The third kappa shape index (κ3) is 4.91. The minimum absolute atomic E-state index is 0. The van der Waals surface area contributed by atoms with Gasteiger partial charge in [0, 0.05) is 52.2 Å². The number of amides is 1. The number of rotatable bonds is 7. The number of nitrogens with zero attached hydrogens (tertiary/aromatic N) is 4. The number of aromatic nitrogens is 3. The Morgan fingerprint density at radius 2 is 1.92 bits per heavy atom. The molecule has 12 heteroatoms. The zero-order chi connectivity index (χ0) is 25.3. The van der Waals surface area contributed by atoms with Gasteiger partial charge in [0.1, 0.15) is 18.2 Å². The molecule has 2 aromatic carbocycles. The number of carbonyl (C=O) groups is 1. The summed E-state index contributed by atoms with van der Waals surface area (Å²) >= 11 is 0.970. The Hall–Kier alpha value is -3.51. The van der Waals surface area contributed by atoms with E-state index in [0.29, 0.717) is 10.9 Å². The first-order valence-electron chi connectivity index (χ1n) is 11.5. The number of halogens is 1. The molecule has 1 amide bonds. The van der Waals surface area contributed by atoms with Gasteiger partial charge in [-0.25, -0.2) is 17.8 Å². The van der Waals surface area contributed by atoms with E-state index in [2.05, 4.69) is 24.3 Å². The smallest absolute Gasteiger partial charge is 0.263 e. The molecule has 2 aromatic heterocycles. The number of hydrogen-bond acceptors (Lipinski definition) is 7. The molecule has 36 heavy (non-hydrogen) atoms. The lowest BCUT2D eigenvalue weighted by atomic mass is 10.0. The van der Waals surface area contributed by atoms with Crippen LogP contribution >= 0.6 is 11.5 Å². The molecule has 4 aromatic rings. The summed E-state index contributed by atoms with van der Waals surface area (Å²) in [6, 6.07) is 12.8. The first-order valence-corrected chi connectivity index (χ1v) is 13.8. The molecule has 0 radical (unpaired) electrons. The molecule has 194 valence electrons. The van der Waals surface area contributed by atoms with E-state index in [4.69, 9.17) is 0 Å². The molecule has 0 unspecified atom stereocenters. The fraction of sp³-hybridized carbons (Fsp3) is 0.292. The van der Waals surface area contributed by atoms with Crippen LogP contribution in [-0.4, -0.2) is 47.4 Å². The number of carbonyl (C=O) groups excluding carboxylic acids is 1. The first kappa shape index (κ1) is 24.2. The Kier molecular flexibility index (Phi) is 6.63. The van der Waals surface area contributed by atoms with Crippen molar-refractivity contribution in [3.8, 4) is 0 Å². The van der Waals surface area contributed by atoms with Crippen molar-refractivity contribution in [2.75, 3.05) is 22.7 Å². The Balaban J connectivity index is 0.00000178. The van der Waals surface area contributed by atoms with Gasteiger partial charge in [0.25, 0.3) is 10.0 Å². The molecular weight excluding hydrogens is 503 g/mol. The van der Waals surface area contributed by atoms with E-state index >= 15 is 0 Å². The zero-order valence-corrected chi connectivity index (χ0v) is 21.1. The maximum Gasteiger partial charge on any atom is 0.263 e. The van der Waals surface area contributed by atoms with Gasteiger partial charge >= 0.3 is 0 Å². The maximum absolute atomic E-state index is 14.0. The highest BCUT2D eigenvalue weighted by Crippen LogP contribution is 2.25. The second kappa shape index (κ2) is 9.86. The third-order valence-corrected chi connectivity index (χ3v) is 8.51. The highest BCUT2D eigenvalue weighted by atomic mass is 32.2. The number of benzene rings is 2. The van der Waals surface area contributed by atoms with Gasteiger partial charge in [0.2, 0.25) is 11.0 Å². The van der Waals surface area contributed by atoms with Gasteiger partial charge in [0.05, 0.1) is 10.4 Å². The third-order valence-electron chi connectivity index (χ3n) is 6.44. The van der Waals surface area contributed by atoms with Crippen LogP contribution in [0.15, 0.2) is 66.0 Å². The fourth-order valence-corrected chi connectivity index (χ4v) is 6.11. The quantitative estimate of drug-likeness (QED) is 0.361. The van der Waals surface area contributed by atoms with Gasteiger partial charge in [-0.15, -0.1) is 0 Å². The number of anilines is 2. The van der Waals surface area contributed by atoms with Gasteiger partial charge in [-0.05, 0) is 62.2 Å². The number of hydrogen-bond donors (Lipinski definition) is 2. The van der Waals surface area contributed by atoms with Crippen molar-refractivity contribution in [2.24, 2.45) is 0 Å². The summed E-state index contributed by atoms with van der Waals surface area (Å²) in [5.74, 6) is -0.405. The van der Waals surface area contributed by atoms with Crippen LogP contribution in [0.1, 0.15) is 30.1 Å². The summed E-state index contributed by atoms with van der Waals surface area (Å²) in [4.78, 5) is 19.1. The van der Waals surface area contributed by atoms with E-state index in [9.17, 15) is 17.6 Å². The van der Waals surface area contributed by atoms with Crippen molar-refractivity contribution >= 4 is 49.2 Å². The molecular formula is C24H31FN6O3S2. The molecule has 1 atom stereocenters. The Bertz CT molecular complexity index is 1480. The molecule has 0 bridgehead atoms. The van der Waals surface area contributed by atoms with Gasteiger partial charge in [-0.1, -0.05) is 6.07 Å². The van der Waals surface area contributed by atoms with Crippen LogP contribution in [0.4, 0.5) is 15.2 Å². The molecule has 1 aliphatic heterocycles. The molecule has 5 rings (SSSR count). The van der Waals surface area contributed by atoms with Gasteiger partial charge in [-0.3, -0.25) is 9.52 Å². The maximum atomic E-state index is 14.0. The van der Waals surface area contributed by atoms with Crippen LogP contribution in [0.2, 0.25) is 0 Å². The van der Waals surface area contributed by atoms with Crippen molar-refractivity contribution in [1.82, 2.24) is 19.2 Å². The second-order valence-electron chi connectivity index (χ2n) is 8.69. The van der Waals surface area contributed by atoms with E-state index < -0.39 is 16.1 Å². The van der Waals surface area contributed by atoms with Gasteiger partial charge in [-0.2, -0.15) is 4.37 Å². The Labute approximate surface area is 216 Å². The van der Waals surface area contributed by atoms with Crippen molar-refractivity contribution in [1.29, 1.82) is 0 Å². The number of piperidine rings is 1. The molecule has 0 spiro atoms. The van der Waals surface area contributed by atoms with Crippen LogP contribution in [-0.2, 0) is 14.8 Å². The number of fused-ring (bicyclic) bond motifs is 1. The summed E-state index contributed by atoms with van der Waals surface area (Å²) in [6.07, 6.45) is 4.56. The zero-order valence-electron chi connectivity index (χ0n) is 19.5. The standard InChI is InChI=1S/C24H25FN6O3S2.3H2/c1-16(31-14-11-20-21(25)3-2-4-22(20)31)23(32)28-17-9-12-30(13-10-17)18-5-7-19(8-6-18)36(33,34)29-24-26-15-27-35-24;;;/h2-8,11,14-17H,9-10,12-13H2,1H3,(H,28,32)(H,26,27,29);3*1H/t16-;;;/m1.../s1. The van der Waals surface area contributed by atoms with Crippen LogP contribution in [0, 0.1) is 5.82 Å². The average Bonchev–Trinajstić information content (AvgIpc) is 3.54. The predicted molar refractivity (Wildman–Crippen MR) is 143 cm³/mol. The van der Waals surface area contributed by atoms with Crippen molar-refractivity contribution < 1.29 is 21.9 Å². The summed E-state index contributed by atoms with van der Waals surface area (Å²) in [6.45, 7) is 3.27. The lowest BCUT2D eigenvalue weighted by Gasteiger charge is -2.34. The number of nitrogens with one attached hydrogen (secondary N) is 2. The van der Waals surface area contributed by atoms with E-state index in [1.54, 1.807) is 47.2 Å². The first-order chi connectivity index (χ1) is 17.3. The van der Waals surface area contributed by atoms with Crippen LogP contribution < -0.4 is 14.9 Å². The molecule has 0 saturated carbocycles. The lowest BCUT2D eigenvalue weighted by molar-refractivity contribution is -0.124. The Morgan fingerprint density at radius 3 is 2.61 bits per heavy atom. The topological polar surface area (TPSA) is 109 Å². The monoisotopic (exact) mass is 534 g/mol. The van der Waals surface area contributed by atoms with Gasteiger partial charge in [0.15, 0.2) is 0 Å². The summed E-state index contributed by atoms with van der Waals surface area (Å²) < 4.78 is 47.0. The van der Waals surface area contributed by atoms with Crippen molar-refractivity contribution in [3.05, 3.63) is 66.9 Å². The van der Waals surface area contributed by atoms with Gasteiger partial charge < -0.3 is 14.8 Å². The largest absolute Gasteiger partial charge is 0.371 e. The predicted octanol–water partition coefficient (Wildman–Crippen LogP) is 4.52. The highest BCUT2D eigenvalue weighted by Gasteiger charge is 2.25. The van der Waals surface area contributed by atoms with Crippen molar-refractivity contribution in [2.45, 2.75) is 36.7 Å². The van der Waals surface area contributed by atoms with E-state index in [1.165, 1.54) is 12.4 Å². The summed E-state index contributed by atoms with van der Waals surface area (Å²) in [5.41, 5.74) is 1.61. The average molecular weight is 535 g/mol. The number of sulfonamides is 1. The molecule has 3 heterocycles. The molecule has 1 fully saturated rings. The molecule has 1 aliphatic rings. The summed E-state index contributed by atoms with van der Waals surface area (Å²) in [5, 5.41) is 3.85. The lowest BCUT2D eigenvalue weighted by Crippen LogP contribution is -2.46. The second-order valence-corrected chi connectivity index (χ2v) is 11.1. The molecule has 9 nitrogen and oxygen atoms in total. The minimum Gasteiger partial charge on any atom is -0.371 e. The van der Waals surface area contributed by atoms with Crippen LogP contribution in [0.3, 0.4) is 0 Å². The van der Waals surface area contributed by atoms with E-state index in [-0.39, 0.29) is 32.1 Å². The molecule has 2 N–H and O–H groups in total. The normalized spacial score (nSPS) is 15.7. The molecule has 0 aliphatic carbocycles. The minimum atomic E-state index is -3.73. The highest BCUT2D eigenvalue weighted by molar-refractivity contribution is 7.93. The van der Waals surface area contributed by atoms with E-state index in [1.807, 2.05) is 13.0 Å². The van der Waals surface area contributed by atoms with E-state index in [0.717, 1.165) is 43.2 Å². The van der Waals surface area contributed by atoms with Crippen LogP contribution in [0.5, 0.6) is 0 Å². The SMILES string of the molecule is C[C@H](C(=O)NC1CCN(c2ccc(S(=O)(=O)Nc3ncns3)cc2)CC1)n1ccc2c(F)cccc21.[HH].[HH].[HH]. The van der Waals surface area contributed by atoms with Crippen LogP contribution in [0.25, 0.3) is 10.9 Å².